The molecular formula is C35H31N3O5. The largest absolute Gasteiger partial charge is 0.507 e. The van der Waals surface area contributed by atoms with Crippen molar-refractivity contribution in [3.05, 3.63) is 139 Å². The quantitative estimate of drug-likeness (QED) is 0.372. The van der Waals surface area contributed by atoms with Crippen LogP contribution in [0, 0.1) is 19.8 Å². The zero-order chi connectivity index (χ0) is 30.2. The molecule has 43 heavy (non-hydrogen) atoms. The Labute approximate surface area is 247 Å². The van der Waals surface area contributed by atoms with Gasteiger partial charge >= 0.3 is 11.4 Å². The van der Waals surface area contributed by atoms with Crippen LogP contribution in [0.4, 0.5) is 0 Å². The maximum atomic E-state index is 14.9. The van der Waals surface area contributed by atoms with Gasteiger partial charge in [0, 0.05) is 24.5 Å². The maximum absolute atomic E-state index is 14.9. The summed E-state index contributed by atoms with van der Waals surface area (Å²) in [6, 6.07) is 21.8. The van der Waals surface area contributed by atoms with Crippen LogP contribution >= 0.6 is 0 Å². The number of rotatable bonds is 3. The van der Waals surface area contributed by atoms with Crippen molar-refractivity contribution in [2.75, 3.05) is 0 Å². The highest BCUT2D eigenvalue weighted by Crippen LogP contribution is 2.61. The molecule has 8 heteroatoms. The SMILES string of the molecule is Cc1cc([C@H]2C3=CCn4c(=O)n(C)c(=O)n4[C@@H]3C[C@H]3C(=O)C(c4ccccc4)=CC(=O)[C@@]23c2ccccc2)cc(C)c1O. The normalized spacial score (nSPS) is 24.5. The van der Waals surface area contributed by atoms with Gasteiger partial charge in [0.25, 0.3) is 0 Å². The van der Waals surface area contributed by atoms with Crippen LogP contribution in [-0.4, -0.2) is 30.6 Å². The molecule has 4 atom stereocenters. The van der Waals surface area contributed by atoms with Gasteiger partial charge in [-0.2, -0.15) is 0 Å². The summed E-state index contributed by atoms with van der Waals surface area (Å²) in [4.78, 5) is 56.2. The standard InChI is InChI=1S/C35H31N3O5/c1-20-16-23(17-21(2)31(20)40)30-25-14-15-37-33(42)36(3)34(43)38(37)28(25)19-27-32(41)26(22-10-6-4-7-11-22)18-29(39)35(27,30)24-12-8-5-9-13-24/h4-14,16-18,27-28,30,40H,15,19H2,1-3H3/t27-,28+,30-,35-/m0/s1. The summed E-state index contributed by atoms with van der Waals surface area (Å²) in [5.41, 5.74) is 2.42. The van der Waals surface area contributed by atoms with E-state index in [0.717, 1.165) is 21.3 Å². The highest BCUT2D eigenvalue weighted by atomic mass is 16.3. The first-order valence-electron chi connectivity index (χ1n) is 14.5. The maximum Gasteiger partial charge on any atom is 0.347 e. The minimum atomic E-state index is -1.31. The fourth-order valence-corrected chi connectivity index (χ4v) is 7.78. The molecule has 1 aromatic heterocycles. The minimum Gasteiger partial charge on any atom is -0.507 e. The number of aromatic nitrogens is 3. The molecular weight excluding hydrogens is 542 g/mol. The second-order valence-electron chi connectivity index (χ2n) is 11.9. The third-order valence-electron chi connectivity index (χ3n) is 9.68. The Balaban J connectivity index is 1.58. The smallest absolute Gasteiger partial charge is 0.347 e. The fourth-order valence-electron chi connectivity index (χ4n) is 7.78. The van der Waals surface area contributed by atoms with Gasteiger partial charge in [0.1, 0.15) is 5.75 Å². The first kappa shape index (κ1) is 26.9. The number of Topliss-reactive ketones (excluding diaryl/α,β-unsaturated/α-hetero) is 1. The number of hydrogen-bond donors (Lipinski definition) is 1. The molecule has 8 nitrogen and oxygen atoms in total. The summed E-state index contributed by atoms with van der Waals surface area (Å²) in [6.45, 7) is 3.79. The number of carbonyl (C=O) groups excluding carboxylic acids is 2. The number of benzene rings is 3. The van der Waals surface area contributed by atoms with Crippen molar-refractivity contribution in [2.45, 2.75) is 44.2 Å². The molecule has 216 valence electrons. The highest BCUT2D eigenvalue weighted by Gasteiger charge is 2.63. The lowest BCUT2D eigenvalue weighted by molar-refractivity contribution is -0.133. The van der Waals surface area contributed by atoms with Crippen molar-refractivity contribution >= 4 is 17.1 Å². The van der Waals surface area contributed by atoms with E-state index >= 15 is 0 Å². The molecule has 0 spiro atoms. The molecule has 3 aliphatic rings. The summed E-state index contributed by atoms with van der Waals surface area (Å²) in [7, 11) is 1.45. The summed E-state index contributed by atoms with van der Waals surface area (Å²) >= 11 is 0. The van der Waals surface area contributed by atoms with E-state index in [-0.39, 0.29) is 30.3 Å². The summed E-state index contributed by atoms with van der Waals surface area (Å²) in [6.07, 6.45) is 3.62. The van der Waals surface area contributed by atoms with Crippen molar-refractivity contribution in [3.63, 3.8) is 0 Å². The lowest BCUT2D eigenvalue weighted by atomic mass is 9.47. The number of aryl methyl sites for hydroxylation is 2. The van der Waals surface area contributed by atoms with E-state index in [1.165, 1.54) is 22.5 Å². The van der Waals surface area contributed by atoms with Crippen LogP contribution in [0.3, 0.4) is 0 Å². The van der Waals surface area contributed by atoms with Crippen LogP contribution in [0.5, 0.6) is 5.75 Å². The van der Waals surface area contributed by atoms with Gasteiger partial charge in [0.2, 0.25) is 0 Å². The van der Waals surface area contributed by atoms with Crippen LogP contribution < -0.4 is 11.4 Å². The van der Waals surface area contributed by atoms with Crippen LogP contribution in [0.2, 0.25) is 0 Å². The molecule has 1 aliphatic heterocycles. The van der Waals surface area contributed by atoms with Crippen LogP contribution in [-0.2, 0) is 28.6 Å². The fraction of sp³-hybridized carbons (Fsp3) is 0.257. The van der Waals surface area contributed by atoms with Gasteiger partial charge in [-0.25, -0.2) is 23.5 Å². The second kappa shape index (κ2) is 9.52. The molecule has 0 bridgehead atoms. The van der Waals surface area contributed by atoms with Crippen molar-refractivity contribution in [1.29, 1.82) is 0 Å². The first-order chi connectivity index (χ1) is 20.7. The van der Waals surface area contributed by atoms with Crippen LogP contribution in [0.15, 0.2) is 100 Å². The van der Waals surface area contributed by atoms with E-state index in [4.69, 9.17) is 0 Å². The van der Waals surface area contributed by atoms with E-state index in [2.05, 4.69) is 0 Å². The molecule has 2 heterocycles. The van der Waals surface area contributed by atoms with E-state index in [0.29, 0.717) is 22.3 Å². The topological polar surface area (TPSA) is 103 Å². The Morgan fingerprint density at radius 1 is 0.860 bits per heavy atom. The zero-order valence-corrected chi connectivity index (χ0v) is 24.2. The molecule has 0 radical (unpaired) electrons. The van der Waals surface area contributed by atoms with Gasteiger partial charge in [-0.3, -0.25) is 9.59 Å². The van der Waals surface area contributed by atoms with Crippen molar-refractivity contribution in [2.24, 2.45) is 13.0 Å². The molecule has 1 N–H and O–H groups in total. The number of ketones is 2. The lowest BCUT2D eigenvalue weighted by Gasteiger charge is -2.54. The molecule has 0 unspecified atom stereocenters. The highest BCUT2D eigenvalue weighted by molar-refractivity contribution is 6.31. The molecule has 7 rings (SSSR count). The van der Waals surface area contributed by atoms with Crippen molar-refractivity contribution < 1.29 is 14.7 Å². The van der Waals surface area contributed by atoms with Gasteiger partial charge in [-0.05, 0) is 59.7 Å². The molecule has 0 amide bonds. The van der Waals surface area contributed by atoms with E-state index in [1.807, 2.05) is 92.7 Å². The number of aromatic hydroxyl groups is 1. The van der Waals surface area contributed by atoms with Gasteiger partial charge in [0.05, 0.1) is 18.0 Å². The number of nitrogens with zero attached hydrogens (tertiary/aromatic N) is 3. The minimum absolute atomic E-state index is 0.163. The third-order valence-corrected chi connectivity index (χ3v) is 9.68. The molecule has 1 fully saturated rings. The predicted octanol–water partition coefficient (Wildman–Crippen LogP) is 4.13. The summed E-state index contributed by atoms with van der Waals surface area (Å²) in [5, 5.41) is 10.7. The van der Waals surface area contributed by atoms with Gasteiger partial charge in [-0.1, -0.05) is 78.9 Å². The summed E-state index contributed by atoms with van der Waals surface area (Å²) < 4.78 is 3.97. The summed E-state index contributed by atoms with van der Waals surface area (Å²) in [5.74, 6) is -1.66. The molecule has 1 saturated carbocycles. The number of allylic oxidation sites excluding steroid dienone is 4. The van der Waals surface area contributed by atoms with Crippen molar-refractivity contribution in [3.8, 4) is 5.75 Å². The van der Waals surface area contributed by atoms with E-state index < -0.39 is 34.7 Å². The van der Waals surface area contributed by atoms with Gasteiger partial charge in [0.15, 0.2) is 11.6 Å². The third kappa shape index (κ3) is 3.62. The molecule has 0 saturated heterocycles. The Kier molecular flexibility index (Phi) is 5.95. The number of fused-ring (bicyclic) bond motifs is 4. The Hall–Kier alpha value is -4.98. The van der Waals surface area contributed by atoms with E-state index in [9.17, 15) is 24.3 Å². The van der Waals surface area contributed by atoms with Gasteiger partial charge < -0.3 is 5.11 Å². The predicted molar refractivity (Wildman–Crippen MR) is 162 cm³/mol. The number of phenols is 1. The van der Waals surface area contributed by atoms with Gasteiger partial charge in [-0.15, -0.1) is 0 Å². The Morgan fingerprint density at radius 2 is 1.49 bits per heavy atom. The average molecular weight is 574 g/mol. The van der Waals surface area contributed by atoms with Crippen LogP contribution in [0.1, 0.15) is 46.2 Å². The number of phenolic OH excluding ortho intramolecular Hbond substituents is 1. The average Bonchev–Trinajstić information content (AvgIpc) is 3.24. The van der Waals surface area contributed by atoms with Crippen molar-refractivity contribution in [1.82, 2.24) is 13.9 Å². The number of carbonyl (C=O) groups is 2. The molecule has 4 aromatic rings. The Morgan fingerprint density at radius 3 is 2.14 bits per heavy atom. The first-order valence-corrected chi connectivity index (χ1v) is 14.5. The lowest BCUT2D eigenvalue weighted by Crippen LogP contribution is -2.58. The molecule has 3 aromatic carbocycles. The molecule has 2 aliphatic carbocycles. The van der Waals surface area contributed by atoms with Crippen LogP contribution in [0.25, 0.3) is 5.57 Å². The second-order valence-corrected chi connectivity index (χ2v) is 11.9. The number of hydrogen-bond acceptors (Lipinski definition) is 5. The zero-order valence-electron chi connectivity index (χ0n) is 24.2. The van der Waals surface area contributed by atoms with E-state index in [1.54, 1.807) is 0 Å². The monoisotopic (exact) mass is 573 g/mol. The Bertz CT molecular complexity index is 1990.